The van der Waals surface area contributed by atoms with Gasteiger partial charge in [-0.15, -0.1) is 0 Å². The van der Waals surface area contributed by atoms with Crippen LogP contribution in [0.25, 0.3) is 0 Å². The molecule has 0 aromatic rings. The van der Waals surface area contributed by atoms with Crippen LogP contribution in [0.3, 0.4) is 0 Å². The Morgan fingerprint density at radius 1 is 1.17 bits per heavy atom. The molecule has 1 aliphatic carbocycles. The van der Waals surface area contributed by atoms with Crippen molar-refractivity contribution in [1.82, 2.24) is 4.90 Å². The molecule has 0 unspecified atom stereocenters. The summed E-state index contributed by atoms with van der Waals surface area (Å²) in [6, 6.07) is 0. The minimum absolute atomic E-state index is 0.536. The molecular formula is C16H30IN. The van der Waals surface area contributed by atoms with Crippen LogP contribution in [0.15, 0.2) is 9.28 Å². The standard InChI is InChI=1S/C16H30IN/c1-5-10-14(2)15(17)18(4)13-16(3)11-8-6-7-9-12-16/h5-13H2,1-4H3/b15-14-. The van der Waals surface area contributed by atoms with Gasteiger partial charge in [-0.05, 0) is 59.8 Å². The largest absolute Gasteiger partial charge is 0.369 e. The Morgan fingerprint density at radius 3 is 2.22 bits per heavy atom. The molecule has 0 amide bonds. The molecule has 0 saturated heterocycles. The maximum Gasteiger partial charge on any atom is 0.0744 e. The molecule has 0 aromatic carbocycles. The van der Waals surface area contributed by atoms with Gasteiger partial charge in [0.25, 0.3) is 0 Å². The molecule has 2 heteroatoms. The van der Waals surface area contributed by atoms with Crippen molar-refractivity contribution in [2.45, 2.75) is 72.1 Å². The zero-order valence-corrected chi connectivity index (χ0v) is 14.8. The zero-order valence-electron chi connectivity index (χ0n) is 12.7. The first kappa shape index (κ1) is 16.3. The summed E-state index contributed by atoms with van der Waals surface area (Å²) >= 11 is 2.53. The lowest BCUT2D eigenvalue weighted by atomic mass is 9.82. The average Bonchev–Trinajstić information content (AvgIpc) is 2.53. The van der Waals surface area contributed by atoms with Crippen molar-refractivity contribution in [3.8, 4) is 0 Å². The molecule has 0 atom stereocenters. The SMILES string of the molecule is CCC/C(C)=C(/I)N(C)CC1(C)CCCCCC1. The molecule has 18 heavy (non-hydrogen) atoms. The van der Waals surface area contributed by atoms with E-state index in [0.717, 1.165) is 0 Å². The maximum absolute atomic E-state index is 2.53. The fourth-order valence-corrected chi connectivity index (χ4v) is 3.63. The number of halogens is 1. The second-order valence-electron chi connectivity index (χ2n) is 6.40. The predicted molar refractivity (Wildman–Crippen MR) is 90.1 cm³/mol. The van der Waals surface area contributed by atoms with Crippen LogP contribution in [0.5, 0.6) is 0 Å². The summed E-state index contributed by atoms with van der Waals surface area (Å²) in [5.74, 6) is 0. The van der Waals surface area contributed by atoms with Gasteiger partial charge in [-0.25, -0.2) is 0 Å². The van der Waals surface area contributed by atoms with Crippen LogP contribution in [0.2, 0.25) is 0 Å². The van der Waals surface area contributed by atoms with Crippen LogP contribution in [0.4, 0.5) is 0 Å². The fraction of sp³-hybridized carbons (Fsp3) is 0.875. The van der Waals surface area contributed by atoms with Gasteiger partial charge in [0.05, 0.1) is 3.70 Å². The van der Waals surface area contributed by atoms with E-state index in [1.165, 1.54) is 61.6 Å². The minimum Gasteiger partial charge on any atom is -0.369 e. The van der Waals surface area contributed by atoms with Gasteiger partial charge < -0.3 is 4.90 Å². The maximum atomic E-state index is 2.53. The Balaban J connectivity index is 2.61. The molecule has 0 radical (unpaired) electrons. The first-order valence-corrected chi connectivity index (χ1v) is 8.63. The molecule has 0 bridgehead atoms. The highest BCUT2D eigenvalue weighted by Crippen LogP contribution is 2.36. The lowest BCUT2D eigenvalue weighted by Gasteiger charge is -2.34. The van der Waals surface area contributed by atoms with Crippen molar-refractivity contribution in [2.24, 2.45) is 5.41 Å². The van der Waals surface area contributed by atoms with Crippen molar-refractivity contribution in [2.75, 3.05) is 13.6 Å². The first-order chi connectivity index (χ1) is 8.48. The number of rotatable bonds is 5. The lowest BCUT2D eigenvalue weighted by Crippen LogP contribution is -2.32. The average molecular weight is 363 g/mol. The van der Waals surface area contributed by atoms with Gasteiger partial charge in [-0.1, -0.05) is 46.0 Å². The van der Waals surface area contributed by atoms with E-state index in [-0.39, 0.29) is 0 Å². The quantitative estimate of drug-likeness (QED) is 0.342. The van der Waals surface area contributed by atoms with Crippen molar-refractivity contribution < 1.29 is 0 Å². The van der Waals surface area contributed by atoms with Gasteiger partial charge in [0.1, 0.15) is 0 Å². The molecule has 1 fully saturated rings. The molecule has 0 aromatic heterocycles. The summed E-state index contributed by atoms with van der Waals surface area (Å²) in [7, 11) is 2.27. The monoisotopic (exact) mass is 363 g/mol. The van der Waals surface area contributed by atoms with Gasteiger partial charge >= 0.3 is 0 Å². The van der Waals surface area contributed by atoms with E-state index in [1.54, 1.807) is 5.57 Å². The van der Waals surface area contributed by atoms with E-state index in [1.807, 2.05) is 0 Å². The van der Waals surface area contributed by atoms with Crippen molar-refractivity contribution in [1.29, 1.82) is 0 Å². The Hall–Kier alpha value is 0.270. The molecule has 0 spiro atoms. The number of hydrogen-bond donors (Lipinski definition) is 0. The van der Waals surface area contributed by atoms with Gasteiger partial charge in [0, 0.05) is 13.6 Å². The highest BCUT2D eigenvalue weighted by molar-refractivity contribution is 14.1. The van der Waals surface area contributed by atoms with Crippen LogP contribution in [0.1, 0.15) is 72.1 Å². The molecule has 1 aliphatic rings. The Kier molecular flexibility index (Phi) is 7.04. The summed E-state index contributed by atoms with van der Waals surface area (Å²) in [6.45, 7) is 8.28. The normalized spacial score (nSPS) is 21.2. The Morgan fingerprint density at radius 2 is 1.72 bits per heavy atom. The molecule has 0 heterocycles. The number of allylic oxidation sites excluding steroid dienone is 1. The first-order valence-electron chi connectivity index (χ1n) is 7.55. The van der Waals surface area contributed by atoms with E-state index < -0.39 is 0 Å². The Bertz CT molecular complexity index is 275. The Labute approximate surface area is 128 Å². The zero-order chi connectivity index (χ0) is 13.6. The third-order valence-electron chi connectivity index (χ3n) is 4.24. The minimum atomic E-state index is 0.536. The molecule has 0 aliphatic heterocycles. The predicted octanol–water partition coefficient (Wildman–Crippen LogP) is 5.75. The van der Waals surface area contributed by atoms with Crippen molar-refractivity contribution >= 4 is 22.6 Å². The van der Waals surface area contributed by atoms with Crippen LogP contribution >= 0.6 is 22.6 Å². The van der Waals surface area contributed by atoms with E-state index in [9.17, 15) is 0 Å². The summed E-state index contributed by atoms with van der Waals surface area (Å²) < 4.78 is 1.47. The summed E-state index contributed by atoms with van der Waals surface area (Å²) in [5, 5.41) is 0. The van der Waals surface area contributed by atoms with Crippen molar-refractivity contribution in [3.05, 3.63) is 9.28 Å². The highest BCUT2D eigenvalue weighted by Gasteiger charge is 2.27. The molecule has 1 rings (SSSR count). The van der Waals surface area contributed by atoms with Gasteiger partial charge in [-0.2, -0.15) is 0 Å². The highest BCUT2D eigenvalue weighted by atomic mass is 127. The summed E-state index contributed by atoms with van der Waals surface area (Å²) in [6.07, 6.45) is 11.1. The topological polar surface area (TPSA) is 3.24 Å². The third kappa shape index (κ3) is 5.10. The second kappa shape index (κ2) is 7.76. The lowest BCUT2D eigenvalue weighted by molar-refractivity contribution is 0.203. The molecule has 0 N–H and O–H groups in total. The fourth-order valence-electron chi connectivity index (χ4n) is 3.19. The number of hydrogen-bond acceptors (Lipinski definition) is 1. The van der Waals surface area contributed by atoms with Gasteiger partial charge in [0.2, 0.25) is 0 Å². The summed E-state index contributed by atoms with van der Waals surface area (Å²) in [4.78, 5) is 2.50. The van der Waals surface area contributed by atoms with E-state index in [4.69, 9.17) is 0 Å². The molecule has 1 nitrogen and oxygen atoms in total. The second-order valence-corrected chi connectivity index (χ2v) is 7.42. The van der Waals surface area contributed by atoms with Crippen LogP contribution in [-0.4, -0.2) is 18.5 Å². The number of nitrogens with zero attached hydrogens (tertiary/aromatic N) is 1. The van der Waals surface area contributed by atoms with Crippen LogP contribution in [-0.2, 0) is 0 Å². The smallest absolute Gasteiger partial charge is 0.0744 e. The van der Waals surface area contributed by atoms with E-state index >= 15 is 0 Å². The van der Waals surface area contributed by atoms with E-state index in [2.05, 4.69) is 55.3 Å². The van der Waals surface area contributed by atoms with Gasteiger partial charge in [-0.3, -0.25) is 0 Å². The van der Waals surface area contributed by atoms with Crippen LogP contribution in [0, 0.1) is 5.41 Å². The summed E-state index contributed by atoms with van der Waals surface area (Å²) in [5.41, 5.74) is 2.09. The molecule has 1 saturated carbocycles. The molecular weight excluding hydrogens is 333 g/mol. The molecule has 106 valence electrons. The van der Waals surface area contributed by atoms with E-state index in [0.29, 0.717) is 5.41 Å². The van der Waals surface area contributed by atoms with Crippen molar-refractivity contribution in [3.63, 3.8) is 0 Å². The van der Waals surface area contributed by atoms with Gasteiger partial charge in [0.15, 0.2) is 0 Å². The van der Waals surface area contributed by atoms with Crippen LogP contribution < -0.4 is 0 Å². The third-order valence-corrected chi connectivity index (χ3v) is 5.99.